The van der Waals surface area contributed by atoms with Crippen molar-refractivity contribution in [2.75, 3.05) is 6.54 Å². The first-order valence-corrected chi connectivity index (χ1v) is 12.9. The quantitative estimate of drug-likeness (QED) is 0.372. The van der Waals surface area contributed by atoms with Crippen molar-refractivity contribution in [1.82, 2.24) is 15.5 Å². The molecule has 36 heavy (non-hydrogen) atoms. The maximum atomic E-state index is 14.1. The van der Waals surface area contributed by atoms with Gasteiger partial charge in [0.05, 0.1) is 0 Å². The molecule has 2 unspecified atom stereocenters. The summed E-state index contributed by atoms with van der Waals surface area (Å²) < 4.78 is 5.42. The van der Waals surface area contributed by atoms with Crippen LogP contribution >= 0.6 is 0 Å². The molecule has 2 N–H and O–H groups in total. The Morgan fingerprint density at radius 3 is 2.22 bits per heavy atom. The number of nitrogens with zero attached hydrogens (tertiary/aromatic N) is 1. The third-order valence-corrected chi connectivity index (χ3v) is 5.61. The molecule has 0 aliphatic rings. The first-order valence-electron chi connectivity index (χ1n) is 12.9. The summed E-state index contributed by atoms with van der Waals surface area (Å²) >= 11 is 0. The predicted octanol–water partition coefficient (Wildman–Crippen LogP) is 5.85. The Kier molecular flexibility index (Phi) is 11.7. The Bertz CT molecular complexity index is 897. The molecule has 0 aliphatic heterocycles. The maximum absolute atomic E-state index is 14.1. The van der Waals surface area contributed by atoms with Gasteiger partial charge in [-0.25, -0.2) is 4.79 Å². The Morgan fingerprint density at radius 1 is 1.08 bits per heavy atom. The molecule has 1 aromatic rings. The highest BCUT2D eigenvalue weighted by molar-refractivity contribution is 5.93. The van der Waals surface area contributed by atoms with Crippen molar-refractivity contribution in [1.29, 1.82) is 0 Å². The Balaban J connectivity index is 3.52. The fraction of sp³-hybridized carbons (Fsp3) is 0.621. The van der Waals surface area contributed by atoms with Gasteiger partial charge < -0.3 is 20.3 Å². The molecule has 1 aromatic carbocycles. The van der Waals surface area contributed by atoms with Crippen molar-refractivity contribution in [3.8, 4) is 0 Å². The number of rotatable bonds is 11. The minimum absolute atomic E-state index is 0.234. The van der Waals surface area contributed by atoms with Crippen LogP contribution in [0.4, 0.5) is 4.79 Å². The van der Waals surface area contributed by atoms with Crippen molar-refractivity contribution >= 4 is 24.0 Å². The second kappa shape index (κ2) is 13.5. The number of ether oxygens (including phenoxy) is 1. The Labute approximate surface area is 218 Å². The summed E-state index contributed by atoms with van der Waals surface area (Å²) in [6.07, 6.45) is 3.95. The highest BCUT2D eigenvalue weighted by atomic mass is 16.6. The van der Waals surface area contributed by atoms with E-state index in [0.717, 1.165) is 24.8 Å². The van der Waals surface area contributed by atoms with Crippen LogP contribution in [0.25, 0.3) is 6.08 Å². The zero-order valence-corrected chi connectivity index (χ0v) is 23.7. The van der Waals surface area contributed by atoms with Gasteiger partial charge in [0, 0.05) is 12.1 Å². The van der Waals surface area contributed by atoms with Crippen LogP contribution < -0.4 is 10.6 Å². The number of amides is 3. The fourth-order valence-corrected chi connectivity index (χ4v) is 3.90. The standard InChI is InChI=1S/C29H47N3O4/c1-11-13-14-18-30-25(33)24(22-17-15-16-21(12-2)19-22)32(28(5,6)7)26(34)23(20(3)4)31-27(35)36-29(8,9)10/h12,15-17,19-20,23-24H,2,11,13-14,18H2,1,3-10H3,(H,30,33)(H,31,35). The number of nitrogens with one attached hydrogen (secondary N) is 2. The summed E-state index contributed by atoms with van der Waals surface area (Å²) in [5.41, 5.74) is 0.105. The molecule has 0 heterocycles. The van der Waals surface area contributed by atoms with Gasteiger partial charge >= 0.3 is 6.09 Å². The number of alkyl carbamates (subject to hydrolysis) is 1. The van der Waals surface area contributed by atoms with Gasteiger partial charge in [-0.15, -0.1) is 0 Å². The van der Waals surface area contributed by atoms with Crippen LogP contribution in [0.5, 0.6) is 0 Å². The largest absolute Gasteiger partial charge is 0.444 e. The Hall–Kier alpha value is -2.83. The molecule has 0 aromatic heterocycles. The Morgan fingerprint density at radius 2 is 1.72 bits per heavy atom. The molecule has 0 radical (unpaired) electrons. The van der Waals surface area contributed by atoms with Gasteiger partial charge in [0.2, 0.25) is 11.8 Å². The van der Waals surface area contributed by atoms with Gasteiger partial charge in [-0.2, -0.15) is 0 Å². The summed E-state index contributed by atoms with van der Waals surface area (Å²) in [7, 11) is 0. The molecular formula is C29H47N3O4. The smallest absolute Gasteiger partial charge is 0.408 e. The van der Waals surface area contributed by atoms with E-state index < -0.39 is 29.3 Å². The van der Waals surface area contributed by atoms with Gasteiger partial charge in [-0.05, 0) is 71.1 Å². The highest BCUT2D eigenvalue weighted by Gasteiger charge is 2.42. The van der Waals surface area contributed by atoms with Gasteiger partial charge in [0.25, 0.3) is 0 Å². The van der Waals surface area contributed by atoms with Crippen LogP contribution in [0.3, 0.4) is 0 Å². The number of hydrogen-bond donors (Lipinski definition) is 2. The van der Waals surface area contributed by atoms with Crippen LogP contribution in [0.15, 0.2) is 30.8 Å². The molecule has 0 spiro atoms. The lowest BCUT2D eigenvalue weighted by Gasteiger charge is -2.43. The van der Waals surface area contributed by atoms with E-state index in [0.29, 0.717) is 12.1 Å². The van der Waals surface area contributed by atoms with Crippen LogP contribution in [0.1, 0.15) is 98.7 Å². The summed E-state index contributed by atoms with van der Waals surface area (Å²) in [5, 5.41) is 5.78. The molecule has 1 rings (SSSR count). The van der Waals surface area contributed by atoms with E-state index in [1.165, 1.54) is 0 Å². The minimum Gasteiger partial charge on any atom is -0.444 e. The van der Waals surface area contributed by atoms with Gasteiger partial charge in [0.15, 0.2) is 0 Å². The number of unbranched alkanes of at least 4 members (excludes halogenated alkanes) is 2. The molecule has 2 atom stereocenters. The van der Waals surface area contributed by atoms with E-state index in [2.05, 4.69) is 24.1 Å². The molecule has 3 amide bonds. The van der Waals surface area contributed by atoms with Gasteiger partial charge in [0.1, 0.15) is 17.7 Å². The topological polar surface area (TPSA) is 87.7 Å². The van der Waals surface area contributed by atoms with Crippen molar-refractivity contribution in [2.45, 2.75) is 105 Å². The van der Waals surface area contributed by atoms with Crippen LogP contribution in [-0.4, -0.2) is 46.5 Å². The van der Waals surface area contributed by atoms with E-state index in [4.69, 9.17) is 4.74 Å². The third kappa shape index (κ3) is 9.67. The fourth-order valence-electron chi connectivity index (χ4n) is 3.90. The zero-order valence-electron chi connectivity index (χ0n) is 23.7. The molecule has 0 bridgehead atoms. The summed E-state index contributed by atoms with van der Waals surface area (Å²) in [6.45, 7) is 21.2. The molecule has 0 aliphatic carbocycles. The van der Waals surface area contributed by atoms with Crippen LogP contribution in [-0.2, 0) is 14.3 Å². The van der Waals surface area contributed by atoms with Crippen molar-refractivity contribution in [3.05, 3.63) is 42.0 Å². The minimum atomic E-state index is -0.888. The highest BCUT2D eigenvalue weighted by Crippen LogP contribution is 2.31. The SMILES string of the molecule is C=Cc1cccc(C(C(=O)NCCCCC)N(C(=O)C(NC(=O)OC(C)(C)C)C(C)C)C(C)(C)C)c1. The van der Waals surface area contributed by atoms with Crippen molar-refractivity contribution < 1.29 is 19.1 Å². The predicted molar refractivity (Wildman–Crippen MR) is 146 cm³/mol. The summed E-state index contributed by atoms with van der Waals surface area (Å²) in [5.74, 6) is -0.834. The number of hydrogen-bond acceptors (Lipinski definition) is 4. The van der Waals surface area contributed by atoms with E-state index in [-0.39, 0.29) is 17.7 Å². The van der Waals surface area contributed by atoms with E-state index in [1.54, 1.807) is 31.7 Å². The molecule has 0 saturated heterocycles. The van der Waals surface area contributed by atoms with Gasteiger partial charge in [-0.3, -0.25) is 9.59 Å². The second-order valence-corrected chi connectivity index (χ2v) is 11.5. The lowest BCUT2D eigenvalue weighted by molar-refractivity contribution is -0.149. The summed E-state index contributed by atoms with van der Waals surface area (Å²) in [4.78, 5) is 42.0. The molecular weight excluding hydrogens is 454 g/mol. The number of carbonyl (C=O) groups is 3. The zero-order chi connectivity index (χ0) is 27.7. The normalized spacial score (nSPS) is 13.5. The third-order valence-electron chi connectivity index (χ3n) is 5.61. The summed E-state index contributed by atoms with van der Waals surface area (Å²) in [6, 6.07) is 5.71. The molecule has 7 nitrogen and oxygen atoms in total. The lowest BCUT2D eigenvalue weighted by atomic mass is 9.92. The average Bonchev–Trinajstić information content (AvgIpc) is 2.75. The van der Waals surface area contributed by atoms with Gasteiger partial charge in [-0.1, -0.05) is 64.5 Å². The van der Waals surface area contributed by atoms with Crippen molar-refractivity contribution in [3.63, 3.8) is 0 Å². The maximum Gasteiger partial charge on any atom is 0.408 e. The molecule has 202 valence electrons. The van der Waals surface area contributed by atoms with Crippen LogP contribution in [0, 0.1) is 5.92 Å². The molecule has 0 saturated carbocycles. The van der Waals surface area contributed by atoms with Crippen molar-refractivity contribution in [2.24, 2.45) is 5.92 Å². The first kappa shape index (κ1) is 31.2. The first-order chi connectivity index (χ1) is 16.6. The average molecular weight is 502 g/mol. The van der Waals surface area contributed by atoms with E-state index >= 15 is 0 Å². The monoisotopic (exact) mass is 501 g/mol. The molecule has 0 fully saturated rings. The van der Waals surface area contributed by atoms with E-state index in [9.17, 15) is 14.4 Å². The number of benzene rings is 1. The van der Waals surface area contributed by atoms with Crippen LogP contribution in [0.2, 0.25) is 0 Å². The van der Waals surface area contributed by atoms with E-state index in [1.807, 2.05) is 58.9 Å². The molecule has 7 heteroatoms. The number of carbonyl (C=O) groups excluding carboxylic acids is 3. The lowest BCUT2D eigenvalue weighted by Crippen LogP contribution is -2.59. The second-order valence-electron chi connectivity index (χ2n) is 11.5.